The molecule has 0 aliphatic carbocycles. The molecule has 5 heteroatoms. The summed E-state index contributed by atoms with van der Waals surface area (Å²) >= 11 is 0. The number of fused-ring (bicyclic) bond motifs is 1. The number of pyridine rings is 1. The van der Waals surface area contributed by atoms with E-state index in [0.29, 0.717) is 18.4 Å². The maximum absolute atomic E-state index is 10.4. The summed E-state index contributed by atoms with van der Waals surface area (Å²) < 4.78 is 5.87. The first-order valence-corrected chi connectivity index (χ1v) is 8.65. The standard InChI is InChI=1S/C19H23N3O2/c23-18-11-15(14-2-1-5-21-12-14)10-16-13-22(8-9-24-19(16)18)17-3-6-20-7-4-17/h1-2,5,10-12,17,20,23H,3-4,6-9,13H2. The fraction of sp³-hybridized carbons (Fsp3) is 0.421. The van der Waals surface area contributed by atoms with Gasteiger partial charge in [0.15, 0.2) is 11.5 Å². The van der Waals surface area contributed by atoms with Gasteiger partial charge in [-0.1, -0.05) is 6.07 Å². The van der Waals surface area contributed by atoms with Crippen LogP contribution in [0.4, 0.5) is 0 Å². The molecular weight excluding hydrogens is 302 g/mol. The zero-order valence-electron chi connectivity index (χ0n) is 13.7. The largest absolute Gasteiger partial charge is 0.504 e. The molecule has 0 radical (unpaired) electrons. The van der Waals surface area contributed by atoms with Crippen LogP contribution in [0.5, 0.6) is 11.5 Å². The predicted molar refractivity (Wildman–Crippen MR) is 93.1 cm³/mol. The van der Waals surface area contributed by atoms with Crippen LogP contribution in [0.2, 0.25) is 0 Å². The molecule has 5 nitrogen and oxygen atoms in total. The van der Waals surface area contributed by atoms with Crippen LogP contribution in [0.15, 0.2) is 36.7 Å². The molecule has 3 heterocycles. The zero-order valence-corrected chi connectivity index (χ0v) is 13.7. The van der Waals surface area contributed by atoms with Crippen molar-refractivity contribution < 1.29 is 9.84 Å². The molecule has 0 saturated carbocycles. The smallest absolute Gasteiger partial charge is 0.165 e. The van der Waals surface area contributed by atoms with Crippen molar-refractivity contribution in [2.24, 2.45) is 0 Å². The minimum absolute atomic E-state index is 0.221. The van der Waals surface area contributed by atoms with E-state index in [1.54, 1.807) is 12.3 Å². The van der Waals surface area contributed by atoms with Gasteiger partial charge in [-0.2, -0.15) is 0 Å². The van der Waals surface area contributed by atoms with E-state index in [9.17, 15) is 5.11 Å². The van der Waals surface area contributed by atoms with Crippen LogP contribution in [-0.2, 0) is 6.54 Å². The Morgan fingerprint density at radius 1 is 1.21 bits per heavy atom. The topological polar surface area (TPSA) is 57.6 Å². The number of benzene rings is 1. The third-order valence-corrected chi connectivity index (χ3v) is 4.96. The Balaban J connectivity index is 1.66. The highest BCUT2D eigenvalue weighted by Gasteiger charge is 2.26. The Kier molecular flexibility index (Phi) is 4.36. The number of hydrogen-bond donors (Lipinski definition) is 2. The molecule has 0 atom stereocenters. The van der Waals surface area contributed by atoms with Crippen molar-refractivity contribution in [3.63, 3.8) is 0 Å². The Bertz CT molecular complexity index is 699. The highest BCUT2D eigenvalue weighted by Crippen LogP contribution is 2.38. The van der Waals surface area contributed by atoms with E-state index in [0.717, 1.165) is 42.9 Å². The molecule has 2 aliphatic rings. The lowest BCUT2D eigenvalue weighted by molar-refractivity contribution is 0.141. The normalized spacial score (nSPS) is 19.3. The molecule has 2 N–H and O–H groups in total. The van der Waals surface area contributed by atoms with E-state index < -0.39 is 0 Å². The first-order valence-electron chi connectivity index (χ1n) is 8.65. The molecule has 0 amide bonds. The minimum atomic E-state index is 0.221. The molecular formula is C19H23N3O2. The van der Waals surface area contributed by atoms with Gasteiger partial charge in [-0.15, -0.1) is 0 Å². The van der Waals surface area contributed by atoms with Gasteiger partial charge in [0, 0.05) is 42.7 Å². The molecule has 1 aromatic heterocycles. The first kappa shape index (κ1) is 15.4. The van der Waals surface area contributed by atoms with Crippen molar-refractivity contribution in [2.45, 2.75) is 25.4 Å². The monoisotopic (exact) mass is 325 g/mol. The maximum atomic E-state index is 10.4. The molecule has 0 bridgehead atoms. The van der Waals surface area contributed by atoms with E-state index >= 15 is 0 Å². The number of aromatic hydroxyl groups is 1. The van der Waals surface area contributed by atoms with Gasteiger partial charge in [-0.05, 0) is 49.7 Å². The molecule has 1 saturated heterocycles. The van der Waals surface area contributed by atoms with E-state index in [1.807, 2.05) is 18.3 Å². The van der Waals surface area contributed by atoms with Gasteiger partial charge in [0.2, 0.25) is 0 Å². The Labute approximate surface area is 142 Å². The van der Waals surface area contributed by atoms with Crippen molar-refractivity contribution in [1.82, 2.24) is 15.2 Å². The Morgan fingerprint density at radius 2 is 2.08 bits per heavy atom. The van der Waals surface area contributed by atoms with Gasteiger partial charge in [0.25, 0.3) is 0 Å². The molecule has 126 valence electrons. The van der Waals surface area contributed by atoms with E-state index in [1.165, 1.54) is 12.8 Å². The average Bonchev–Trinajstić information content (AvgIpc) is 2.86. The predicted octanol–water partition coefficient (Wildman–Crippen LogP) is 2.40. The number of phenolic OH excluding ortho intramolecular Hbond substituents is 1. The number of ether oxygens (including phenoxy) is 1. The van der Waals surface area contributed by atoms with Crippen LogP contribution in [0.25, 0.3) is 11.1 Å². The molecule has 1 aromatic carbocycles. The second-order valence-electron chi connectivity index (χ2n) is 6.53. The van der Waals surface area contributed by atoms with Gasteiger partial charge < -0.3 is 15.2 Å². The summed E-state index contributed by atoms with van der Waals surface area (Å²) in [4.78, 5) is 6.68. The number of piperidine rings is 1. The van der Waals surface area contributed by atoms with E-state index in [4.69, 9.17) is 4.74 Å². The molecule has 4 rings (SSSR count). The fourth-order valence-corrected chi connectivity index (χ4v) is 3.70. The van der Waals surface area contributed by atoms with Crippen LogP contribution in [0, 0.1) is 0 Å². The summed E-state index contributed by atoms with van der Waals surface area (Å²) in [6.45, 7) is 4.51. The lowest BCUT2D eigenvalue weighted by atomic mass is 10.0. The summed E-state index contributed by atoms with van der Waals surface area (Å²) in [6, 6.07) is 8.42. The fourth-order valence-electron chi connectivity index (χ4n) is 3.70. The highest BCUT2D eigenvalue weighted by molar-refractivity contribution is 5.68. The summed E-state index contributed by atoms with van der Waals surface area (Å²) in [5, 5.41) is 13.9. The second-order valence-corrected chi connectivity index (χ2v) is 6.53. The first-order chi connectivity index (χ1) is 11.8. The summed E-state index contributed by atoms with van der Waals surface area (Å²) in [7, 11) is 0. The van der Waals surface area contributed by atoms with Gasteiger partial charge in [-0.25, -0.2) is 0 Å². The molecule has 0 unspecified atom stereocenters. The third kappa shape index (κ3) is 3.09. The number of phenols is 1. The van der Waals surface area contributed by atoms with Gasteiger partial charge >= 0.3 is 0 Å². The highest BCUT2D eigenvalue weighted by atomic mass is 16.5. The second kappa shape index (κ2) is 6.79. The van der Waals surface area contributed by atoms with Crippen molar-refractivity contribution in [2.75, 3.05) is 26.2 Å². The van der Waals surface area contributed by atoms with Crippen molar-refractivity contribution in [1.29, 1.82) is 0 Å². The number of nitrogens with one attached hydrogen (secondary N) is 1. The van der Waals surface area contributed by atoms with Crippen LogP contribution >= 0.6 is 0 Å². The number of rotatable bonds is 2. The SMILES string of the molecule is Oc1cc(-c2cccnc2)cc2c1OCCN(C1CCNCC1)C2. The molecule has 1 fully saturated rings. The van der Waals surface area contributed by atoms with Crippen LogP contribution in [0.1, 0.15) is 18.4 Å². The Morgan fingerprint density at radius 3 is 2.88 bits per heavy atom. The van der Waals surface area contributed by atoms with Crippen molar-refractivity contribution in [3.05, 3.63) is 42.2 Å². The summed E-state index contributed by atoms with van der Waals surface area (Å²) in [5.41, 5.74) is 3.05. The molecule has 0 spiro atoms. The quantitative estimate of drug-likeness (QED) is 0.888. The van der Waals surface area contributed by atoms with E-state index in [2.05, 4.69) is 21.3 Å². The molecule has 2 aliphatic heterocycles. The molecule has 24 heavy (non-hydrogen) atoms. The maximum Gasteiger partial charge on any atom is 0.165 e. The number of aromatic nitrogens is 1. The number of hydrogen-bond acceptors (Lipinski definition) is 5. The van der Waals surface area contributed by atoms with E-state index in [-0.39, 0.29) is 5.75 Å². The van der Waals surface area contributed by atoms with Crippen LogP contribution in [0.3, 0.4) is 0 Å². The number of nitrogens with zero attached hydrogens (tertiary/aromatic N) is 2. The van der Waals surface area contributed by atoms with Gasteiger partial charge in [-0.3, -0.25) is 9.88 Å². The third-order valence-electron chi connectivity index (χ3n) is 4.96. The van der Waals surface area contributed by atoms with Gasteiger partial charge in [0.05, 0.1) is 0 Å². The van der Waals surface area contributed by atoms with Crippen molar-refractivity contribution in [3.8, 4) is 22.6 Å². The summed E-state index contributed by atoms with van der Waals surface area (Å²) in [6.07, 6.45) is 5.92. The zero-order chi connectivity index (χ0) is 16.4. The van der Waals surface area contributed by atoms with Crippen molar-refractivity contribution >= 4 is 0 Å². The Hall–Kier alpha value is -2.11. The summed E-state index contributed by atoms with van der Waals surface area (Å²) in [5.74, 6) is 0.859. The van der Waals surface area contributed by atoms with Gasteiger partial charge in [0.1, 0.15) is 6.61 Å². The lowest BCUT2D eigenvalue weighted by Gasteiger charge is -2.33. The van der Waals surface area contributed by atoms with Crippen LogP contribution in [-0.4, -0.2) is 47.3 Å². The molecule has 2 aromatic rings. The minimum Gasteiger partial charge on any atom is -0.504 e. The average molecular weight is 325 g/mol. The van der Waals surface area contributed by atoms with Crippen LogP contribution < -0.4 is 10.1 Å². The lowest BCUT2D eigenvalue weighted by Crippen LogP contribution is -2.43.